The van der Waals surface area contributed by atoms with Crippen molar-refractivity contribution < 1.29 is 24.6 Å². The molecule has 11 heteroatoms. The number of rotatable bonds is 14. The molecular weight excluding hydrogens is 566 g/mol. The van der Waals surface area contributed by atoms with E-state index in [2.05, 4.69) is 15.6 Å². The van der Waals surface area contributed by atoms with Crippen molar-refractivity contribution in [3.8, 4) is 0 Å². The highest BCUT2D eigenvalue weighted by atomic mass is 32.1. The summed E-state index contributed by atoms with van der Waals surface area (Å²) < 4.78 is 0. The lowest BCUT2D eigenvalue weighted by atomic mass is 9.92. The van der Waals surface area contributed by atoms with Crippen LogP contribution in [0, 0.1) is 5.92 Å². The minimum absolute atomic E-state index is 0.0871. The first-order valence-corrected chi connectivity index (χ1v) is 15.6. The molecule has 10 nitrogen and oxygen atoms in total. The Morgan fingerprint density at radius 1 is 1.07 bits per heavy atom. The predicted molar refractivity (Wildman–Crippen MR) is 166 cm³/mol. The number of aromatic nitrogens is 1. The van der Waals surface area contributed by atoms with Gasteiger partial charge in [-0.05, 0) is 42.7 Å². The van der Waals surface area contributed by atoms with Crippen LogP contribution in [0.2, 0.25) is 0 Å². The van der Waals surface area contributed by atoms with Gasteiger partial charge in [-0.2, -0.15) is 0 Å². The van der Waals surface area contributed by atoms with Crippen LogP contribution in [0.1, 0.15) is 42.7 Å². The number of hydrogen-bond acceptors (Lipinski definition) is 6. The Morgan fingerprint density at radius 3 is 2.28 bits per heavy atom. The molecule has 2 heterocycles. The van der Waals surface area contributed by atoms with Gasteiger partial charge in [0.05, 0.1) is 24.2 Å². The van der Waals surface area contributed by atoms with Gasteiger partial charge < -0.3 is 25.7 Å². The maximum absolute atomic E-state index is 13.8. The molecule has 0 spiro atoms. The summed E-state index contributed by atoms with van der Waals surface area (Å²) in [5.74, 6) is -0.432. The van der Waals surface area contributed by atoms with Crippen molar-refractivity contribution in [1.82, 2.24) is 25.4 Å². The van der Waals surface area contributed by atoms with Crippen LogP contribution in [0.5, 0.6) is 0 Å². The normalized spacial score (nSPS) is 16.2. The zero-order valence-electron chi connectivity index (χ0n) is 24.6. The zero-order chi connectivity index (χ0) is 30.8. The number of urea groups is 1. The third kappa shape index (κ3) is 9.01. The molecule has 4 atom stereocenters. The van der Waals surface area contributed by atoms with Gasteiger partial charge >= 0.3 is 12.1 Å². The summed E-state index contributed by atoms with van der Waals surface area (Å²) in [5, 5.41) is 28.0. The smallest absolute Gasteiger partial charge is 0.407 e. The van der Waals surface area contributed by atoms with Crippen LogP contribution in [0.15, 0.2) is 72.4 Å². The lowest BCUT2D eigenvalue weighted by Crippen LogP contribution is -2.59. The Balaban J connectivity index is 1.61. The Kier molecular flexibility index (Phi) is 11.5. The van der Waals surface area contributed by atoms with Crippen molar-refractivity contribution in [1.29, 1.82) is 0 Å². The fourth-order valence-corrected chi connectivity index (χ4v) is 6.26. The van der Waals surface area contributed by atoms with Crippen molar-refractivity contribution in [2.24, 2.45) is 5.92 Å². The van der Waals surface area contributed by atoms with Gasteiger partial charge in [-0.3, -0.25) is 14.7 Å². The van der Waals surface area contributed by atoms with Crippen LogP contribution in [0.25, 0.3) is 0 Å². The second-order valence-electron chi connectivity index (χ2n) is 11.3. The van der Waals surface area contributed by atoms with E-state index in [1.807, 2.05) is 74.5 Å². The molecular formula is C32H41N5O5S. The Labute approximate surface area is 256 Å². The summed E-state index contributed by atoms with van der Waals surface area (Å²) in [5.41, 5.74) is 3.51. The van der Waals surface area contributed by atoms with E-state index in [4.69, 9.17) is 0 Å². The van der Waals surface area contributed by atoms with Crippen LogP contribution in [0.3, 0.4) is 0 Å². The van der Waals surface area contributed by atoms with E-state index < -0.39 is 30.3 Å². The number of aliphatic hydroxyl groups excluding tert-OH is 1. The van der Waals surface area contributed by atoms with Gasteiger partial charge in [-0.1, -0.05) is 74.5 Å². The summed E-state index contributed by atoms with van der Waals surface area (Å²) >= 11 is 1.36. The topological polar surface area (TPSA) is 135 Å². The number of carbonyl (C=O) groups is 3. The third-order valence-corrected chi connectivity index (χ3v) is 8.50. The monoisotopic (exact) mass is 607 g/mol. The predicted octanol–water partition coefficient (Wildman–Crippen LogP) is 4.15. The summed E-state index contributed by atoms with van der Waals surface area (Å²) in [7, 11) is 0. The molecule has 230 valence electrons. The van der Waals surface area contributed by atoms with Gasteiger partial charge in [0.25, 0.3) is 0 Å². The van der Waals surface area contributed by atoms with E-state index in [0.717, 1.165) is 22.4 Å². The first kappa shape index (κ1) is 32.0. The average molecular weight is 608 g/mol. The lowest BCUT2D eigenvalue weighted by molar-refractivity contribution is -0.128. The van der Waals surface area contributed by atoms with E-state index in [-0.39, 0.29) is 30.8 Å². The quantitative estimate of drug-likeness (QED) is 0.218. The Bertz CT molecular complexity index is 1310. The third-order valence-electron chi connectivity index (χ3n) is 7.73. The number of hydrogen-bond donors (Lipinski definition) is 4. The number of carboxylic acid groups (broad SMARTS) is 1. The van der Waals surface area contributed by atoms with Gasteiger partial charge in [-0.25, -0.2) is 9.59 Å². The highest BCUT2D eigenvalue weighted by molar-refractivity contribution is 7.09. The molecule has 2 aromatic carbocycles. The second kappa shape index (κ2) is 15.5. The Hall–Kier alpha value is -3.96. The minimum Gasteiger partial charge on any atom is -0.465 e. The van der Waals surface area contributed by atoms with Crippen LogP contribution in [0.4, 0.5) is 9.59 Å². The fraction of sp³-hybridized carbons (Fsp3) is 0.438. The molecule has 4 N–H and O–H groups in total. The molecule has 1 aliphatic heterocycles. The number of nitrogens with zero attached hydrogens (tertiary/aromatic N) is 3. The molecule has 1 fully saturated rings. The largest absolute Gasteiger partial charge is 0.465 e. The van der Waals surface area contributed by atoms with Crippen LogP contribution < -0.4 is 10.6 Å². The molecule has 0 unspecified atom stereocenters. The molecule has 1 saturated heterocycles. The molecule has 3 aromatic rings. The number of nitrogens with one attached hydrogen (secondary N) is 2. The van der Waals surface area contributed by atoms with E-state index >= 15 is 0 Å². The summed E-state index contributed by atoms with van der Waals surface area (Å²) in [6.45, 7) is 4.97. The number of carbonyl (C=O) groups excluding carboxylic acids is 2. The highest BCUT2D eigenvalue weighted by Crippen LogP contribution is 2.22. The maximum atomic E-state index is 13.8. The molecule has 0 aliphatic carbocycles. The minimum atomic E-state index is -1.15. The summed E-state index contributed by atoms with van der Waals surface area (Å²) in [4.78, 5) is 46.7. The summed E-state index contributed by atoms with van der Waals surface area (Å²) in [6, 6.07) is 16.9. The molecule has 0 saturated carbocycles. The molecule has 43 heavy (non-hydrogen) atoms. The van der Waals surface area contributed by atoms with E-state index in [9.17, 15) is 24.6 Å². The van der Waals surface area contributed by atoms with E-state index in [1.54, 1.807) is 16.6 Å². The van der Waals surface area contributed by atoms with Crippen molar-refractivity contribution >= 4 is 29.4 Å². The number of amides is 4. The van der Waals surface area contributed by atoms with Crippen molar-refractivity contribution in [2.45, 2.75) is 70.3 Å². The molecule has 1 aliphatic rings. The zero-order valence-corrected chi connectivity index (χ0v) is 25.5. The van der Waals surface area contributed by atoms with Gasteiger partial charge in [0.15, 0.2) is 0 Å². The lowest BCUT2D eigenvalue weighted by Gasteiger charge is -2.38. The average Bonchev–Trinajstić information content (AvgIpc) is 3.50. The fourth-order valence-electron chi connectivity index (χ4n) is 5.67. The second-order valence-corrected chi connectivity index (χ2v) is 12.3. The van der Waals surface area contributed by atoms with Crippen LogP contribution >= 0.6 is 11.3 Å². The van der Waals surface area contributed by atoms with E-state index in [1.165, 1.54) is 16.2 Å². The first-order valence-electron chi connectivity index (χ1n) is 14.7. The number of thiazole rings is 1. The van der Waals surface area contributed by atoms with E-state index in [0.29, 0.717) is 25.9 Å². The van der Waals surface area contributed by atoms with Crippen molar-refractivity contribution in [3.05, 3.63) is 88.4 Å². The summed E-state index contributed by atoms with van der Waals surface area (Å²) in [6.07, 6.45) is 0.972. The van der Waals surface area contributed by atoms with Gasteiger partial charge in [0.2, 0.25) is 5.91 Å². The molecule has 4 amide bonds. The number of benzene rings is 2. The van der Waals surface area contributed by atoms with Crippen molar-refractivity contribution in [3.63, 3.8) is 0 Å². The molecule has 0 radical (unpaired) electrons. The highest BCUT2D eigenvalue weighted by Gasteiger charge is 2.37. The maximum Gasteiger partial charge on any atom is 0.407 e. The standard InChI is InChI=1S/C32H41N5O5S/c1-22(2)29(36-15-9-14-34-31(36)40)30(39)35-25(16-23-10-5-3-6-11-23)18-28(38)27(17-24-12-7-4-8-13-24)37(32(41)42)20-26-19-33-21-43-26/h3-8,10-13,19,21-22,25,27-29,38H,9,14-18,20H2,1-2H3,(H,34,40)(H,35,39)(H,41,42)/t25-,27-,28-,29-/m0/s1. The van der Waals surface area contributed by atoms with Crippen molar-refractivity contribution in [2.75, 3.05) is 13.1 Å². The van der Waals surface area contributed by atoms with Gasteiger partial charge in [0.1, 0.15) is 6.04 Å². The Morgan fingerprint density at radius 2 is 1.72 bits per heavy atom. The molecule has 4 rings (SSSR count). The molecule has 0 bridgehead atoms. The van der Waals surface area contributed by atoms with Gasteiger partial charge in [-0.15, -0.1) is 11.3 Å². The van der Waals surface area contributed by atoms with Crippen LogP contribution in [-0.4, -0.2) is 80.3 Å². The van der Waals surface area contributed by atoms with Gasteiger partial charge in [0, 0.05) is 30.2 Å². The SMILES string of the molecule is CC(C)[C@@H](C(=O)N[C@@H](Cc1ccccc1)C[C@H](O)[C@H](Cc1ccccc1)N(Cc1cncs1)C(=O)O)N1CCCNC1=O. The molecule has 1 aromatic heterocycles. The number of aliphatic hydroxyl groups is 1. The van der Waals surface area contributed by atoms with Crippen LogP contribution in [-0.2, 0) is 24.2 Å². The first-order chi connectivity index (χ1) is 20.7.